The quantitative estimate of drug-likeness (QED) is 0.685. The van der Waals surface area contributed by atoms with E-state index in [1.54, 1.807) is 0 Å². The first-order valence-electron chi connectivity index (χ1n) is 4.31. The Morgan fingerprint density at radius 2 is 2.23 bits per heavy atom. The Morgan fingerprint density at radius 3 is 3.08 bits per heavy atom. The molecule has 1 aromatic carbocycles. The molecule has 3 heteroatoms. The molecule has 0 aliphatic rings. The van der Waals surface area contributed by atoms with Crippen LogP contribution in [0.1, 0.15) is 6.42 Å². The van der Waals surface area contributed by atoms with Crippen LogP contribution in [0.4, 0.5) is 0 Å². The minimum Gasteiger partial charge on any atom is -0.321 e. The summed E-state index contributed by atoms with van der Waals surface area (Å²) in [6, 6.07) is 8.03. The highest BCUT2D eigenvalue weighted by Crippen LogP contribution is 2.11. The number of benzene rings is 1. The van der Waals surface area contributed by atoms with Gasteiger partial charge in [0, 0.05) is 12.4 Å². The molecule has 1 aromatic heterocycles. The molecular formula is C10H10ClN2. The van der Waals surface area contributed by atoms with Crippen LogP contribution in [0.25, 0.3) is 11.0 Å². The molecule has 2 aromatic rings. The van der Waals surface area contributed by atoms with Crippen LogP contribution in [0.5, 0.6) is 0 Å². The number of para-hydroxylation sites is 2. The van der Waals surface area contributed by atoms with Crippen molar-refractivity contribution < 1.29 is 0 Å². The Bertz CT molecular complexity index is 394. The number of halogens is 1. The minimum absolute atomic E-state index is 0.681. The summed E-state index contributed by atoms with van der Waals surface area (Å²) < 4.78 is 2.01. The fourth-order valence-corrected chi connectivity index (χ4v) is 1.46. The normalized spacial score (nSPS) is 10.8. The maximum Gasteiger partial charge on any atom is 0.177 e. The molecule has 0 saturated carbocycles. The van der Waals surface area contributed by atoms with E-state index in [1.807, 2.05) is 28.8 Å². The van der Waals surface area contributed by atoms with Gasteiger partial charge in [-0.15, -0.1) is 11.6 Å². The highest BCUT2D eigenvalue weighted by molar-refractivity contribution is 6.17. The maximum absolute atomic E-state index is 5.62. The van der Waals surface area contributed by atoms with Crippen LogP contribution in [0, 0.1) is 6.33 Å². The Labute approximate surface area is 82.1 Å². The number of aryl methyl sites for hydroxylation is 1. The number of rotatable bonds is 3. The number of hydrogen-bond donors (Lipinski definition) is 0. The molecule has 0 amide bonds. The lowest BCUT2D eigenvalue weighted by atomic mass is 10.3. The van der Waals surface area contributed by atoms with E-state index in [2.05, 4.69) is 11.3 Å². The van der Waals surface area contributed by atoms with E-state index >= 15 is 0 Å². The van der Waals surface area contributed by atoms with Gasteiger partial charge in [-0.3, -0.25) is 0 Å². The average molecular weight is 194 g/mol. The van der Waals surface area contributed by atoms with Crippen LogP contribution in [-0.4, -0.2) is 15.4 Å². The molecule has 13 heavy (non-hydrogen) atoms. The molecule has 2 nitrogen and oxygen atoms in total. The summed E-state index contributed by atoms with van der Waals surface area (Å²) in [5.74, 6) is 0.681. The summed E-state index contributed by atoms with van der Waals surface area (Å²) in [4.78, 5) is 4.17. The van der Waals surface area contributed by atoms with Crippen molar-refractivity contribution in [3.05, 3.63) is 30.6 Å². The minimum atomic E-state index is 0.681. The topological polar surface area (TPSA) is 17.8 Å². The molecule has 2 rings (SSSR count). The molecule has 0 N–H and O–H groups in total. The Morgan fingerprint density at radius 1 is 1.38 bits per heavy atom. The van der Waals surface area contributed by atoms with Crippen molar-refractivity contribution in [2.75, 3.05) is 5.88 Å². The van der Waals surface area contributed by atoms with Crippen molar-refractivity contribution in [1.29, 1.82) is 0 Å². The van der Waals surface area contributed by atoms with Gasteiger partial charge in [0.05, 0.1) is 11.0 Å². The second kappa shape index (κ2) is 3.79. The number of hydrogen-bond acceptors (Lipinski definition) is 1. The lowest BCUT2D eigenvalue weighted by Gasteiger charge is -1.99. The predicted molar refractivity (Wildman–Crippen MR) is 53.9 cm³/mol. The number of fused-ring (bicyclic) bond motifs is 1. The second-order valence-electron chi connectivity index (χ2n) is 2.89. The molecule has 0 saturated heterocycles. The summed E-state index contributed by atoms with van der Waals surface area (Å²) in [5.41, 5.74) is 2.13. The lowest BCUT2D eigenvalue weighted by Crippen LogP contribution is -1.96. The van der Waals surface area contributed by atoms with Crippen molar-refractivity contribution in [3.63, 3.8) is 0 Å². The van der Waals surface area contributed by atoms with Crippen LogP contribution >= 0.6 is 11.6 Å². The molecular weight excluding hydrogens is 184 g/mol. The van der Waals surface area contributed by atoms with Gasteiger partial charge in [0.25, 0.3) is 0 Å². The van der Waals surface area contributed by atoms with E-state index in [9.17, 15) is 0 Å². The highest BCUT2D eigenvalue weighted by Gasteiger charge is 2.00. The van der Waals surface area contributed by atoms with E-state index in [4.69, 9.17) is 11.6 Å². The van der Waals surface area contributed by atoms with Gasteiger partial charge in [-0.1, -0.05) is 12.1 Å². The van der Waals surface area contributed by atoms with Crippen molar-refractivity contribution >= 4 is 22.6 Å². The van der Waals surface area contributed by atoms with Gasteiger partial charge in [0.2, 0.25) is 0 Å². The highest BCUT2D eigenvalue weighted by atomic mass is 35.5. The maximum atomic E-state index is 5.62. The van der Waals surface area contributed by atoms with Crippen LogP contribution in [0.3, 0.4) is 0 Å². The summed E-state index contributed by atoms with van der Waals surface area (Å²) in [6.07, 6.45) is 3.91. The molecule has 0 unspecified atom stereocenters. The zero-order chi connectivity index (χ0) is 9.10. The Hall–Kier alpha value is -1.02. The first kappa shape index (κ1) is 8.57. The fourth-order valence-electron chi connectivity index (χ4n) is 1.34. The molecule has 0 aliphatic carbocycles. The first-order valence-corrected chi connectivity index (χ1v) is 4.84. The monoisotopic (exact) mass is 193 g/mol. The summed E-state index contributed by atoms with van der Waals surface area (Å²) >= 11 is 5.62. The molecule has 0 spiro atoms. The first-order chi connectivity index (χ1) is 6.42. The predicted octanol–water partition coefficient (Wildman–Crippen LogP) is 2.47. The smallest absolute Gasteiger partial charge is 0.177 e. The van der Waals surface area contributed by atoms with Gasteiger partial charge >= 0.3 is 0 Å². The van der Waals surface area contributed by atoms with E-state index in [1.165, 1.54) is 0 Å². The second-order valence-corrected chi connectivity index (χ2v) is 3.27. The zero-order valence-corrected chi connectivity index (χ0v) is 7.96. The van der Waals surface area contributed by atoms with Crippen LogP contribution in [0.2, 0.25) is 0 Å². The van der Waals surface area contributed by atoms with Crippen molar-refractivity contribution in [2.45, 2.75) is 13.0 Å². The zero-order valence-electron chi connectivity index (χ0n) is 7.20. The fraction of sp³-hybridized carbons (Fsp3) is 0.300. The third-order valence-electron chi connectivity index (χ3n) is 1.98. The van der Waals surface area contributed by atoms with Gasteiger partial charge in [-0.05, 0) is 18.6 Å². The third kappa shape index (κ3) is 1.68. The van der Waals surface area contributed by atoms with Gasteiger partial charge < -0.3 is 4.57 Å². The molecule has 67 valence electrons. The molecule has 0 fully saturated rings. The number of alkyl halides is 1. The molecule has 1 radical (unpaired) electrons. The van der Waals surface area contributed by atoms with E-state index in [0.717, 1.165) is 24.0 Å². The van der Waals surface area contributed by atoms with Crippen LogP contribution in [0.15, 0.2) is 24.3 Å². The molecule has 0 atom stereocenters. The average Bonchev–Trinajstić information content (AvgIpc) is 2.58. The standard InChI is InChI=1S/C10H10ClN2/c11-6-3-7-13-8-12-9-4-1-2-5-10(9)13/h1-2,4-5H,3,6-7H2. The van der Waals surface area contributed by atoms with E-state index < -0.39 is 0 Å². The van der Waals surface area contributed by atoms with Crippen molar-refractivity contribution in [2.24, 2.45) is 0 Å². The number of aromatic nitrogens is 2. The third-order valence-corrected chi connectivity index (χ3v) is 2.25. The summed E-state index contributed by atoms with van der Waals surface area (Å²) in [7, 11) is 0. The molecule has 0 bridgehead atoms. The Balaban J connectivity index is 2.35. The lowest BCUT2D eigenvalue weighted by molar-refractivity contribution is 0.695. The van der Waals surface area contributed by atoms with E-state index in [-0.39, 0.29) is 0 Å². The SMILES string of the molecule is ClCCCn1[c]nc2ccccc21. The van der Waals surface area contributed by atoms with Gasteiger partial charge in [-0.2, -0.15) is 0 Å². The van der Waals surface area contributed by atoms with Gasteiger partial charge in [0.1, 0.15) is 0 Å². The molecule has 0 aliphatic heterocycles. The van der Waals surface area contributed by atoms with E-state index in [0.29, 0.717) is 5.88 Å². The molecule has 1 heterocycles. The van der Waals surface area contributed by atoms with Crippen molar-refractivity contribution in [1.82, 2.24) is 9.55 Å². The van der Waals surface area contributed by atoms with Crippen molar-refractivity contribution in [3.8, 4) is 0 Å². The largest absolute Gasteiger partial charge is 0.321 e. The Kier molecular flexibility index (Phi) is 2.50. The van der Waals surface area contributed by atoms with Crippen LogP contribution < -0.4 is 0 Å². The summed E-state index contributed by atoms with van der Waals surface area (Å²) in [5, 5.41) is 0. The number of nitrogens with zero attached hydrogens (tertiary/aromatic N) is 2. The van der Waals surface area contributed by atoms with Crippen LogP contribution in [-0.2, 0) is 6.54 Å². The number of imidazole rings is 1. The van der Waals surface area contributed by atoms with Gasteiger partial charge in [0.15, 0.2) is 6.33 Å². The summed E-state index contributed by atoms with van der Waals surface area (Å²) in [6.45, 7) is 0.893. The van der Waals surface area contributed by atoms with Gasteiger partial charge in [-0.25, -0.2) is 4.98 Å².